The Labute approximate surface area is 110 Å². The van der Waals surface area contributed by atoms with E-state index in [-0.39, 0.29) is 5.84 Å². The molecule has 0 saturated carbocycles. The lowest BCUT2D eigenvalue weighted by Crippen LogP contribution is -2.15. The Hall–Kier alpha value is -1.07. The molecular formula is C11H15ClN2O2S. The van der Waals surface area contributed by atoms with Crippen molar-refractivity contribution in [1.82, 2.24) is 0 Å². The number of amidine groups is 1. The van der Waals surface area contributed by atoms with Crippen LogP contribution in [0.4, 0.5) is 0 Å². The van der Waals surface area contributed by atoms with E-state index in [0.717, 1.165) is 12.2 Å². The molecule has 0 aliphatic rings. The topological polar surface area (TPSA) is 67.8 Å². The lowest BCUT2D eigenvalue weighted by Gasteiger charge is -2.10. The molecule has 0 aromatic heterocycles. The van der Waals surface area contributed by atoms with Crippen LogP contribution in [0.25, 0.3) is 0 Å². The summed E-state index contributed by atoms with van der Waals surface area (Å²) >= 11 is 7.64. The molecule has 0 amide bonds. The van der Waals surface area contributed by atoms with Gasteiger partial charge in [0.05, 0.1) is 12.2 Å². The van der Waals surface area contributed by atoms with Gasteiger partial charge in [-0.3, -0.25) is 0 Å². The standard InChI is InChI=1S/C11H15ClN2O2S/c1-17-6-2-5-16-10-7-8(12)3-4-9(10)11(13)14-15/h3-4,7,15H,2,5-6H2,1H3,(H2,13,14). The molecule has 0 aliphatic heterocycles. The van der Waals surface area contributed by atoms with Gasteiger partial charge in [0.1, 0.15) is 5.75 Å². The number of hydrogen-bond donors (Lipinski definition) is 2. The van der Waals surface area contributed by atoms with Gasteiger partial charge in [-0.15, -0.1) is 0 Å². The van der Waals surface area contributed by atoms with Gasteiger partial charge in [-0.2, -0.15) is 11.8 Å². The Balaban J connectivity index is 2.77. The largest absolute Gasteiger partial charge is 0.493 e. The maximum Gasteiger partial charge on any atom is 0.173 e. The number of oxime groups is 1. The second-order valence-electron chi connectivity index (χ2n) is 3.32. The molecule has 0 saturated heterocycles. The number of rotatable bonds is 6. The fraction of sp³-hybridized carbons (Fsp3) is 0.364. The van der Waals surface area contributed by atoms with E-state index in [2.05, 4.69) is 5.16 Å². The maximum atomic E-state index is 8.66. The molecule has 0 radical (unpaired) electrons. The Morgan fingerprint density at radius 2 is 2.35 bits per heavy atom. The van der Waals surface area contributed by atoms with Crippen LogP contribution in [0.3, 0.4) is 0 Å². The number of hydrogen-bond acceptors (Lipinski definition) is 4. The minimum Gasteiger partial charge on any atom is -0.493 e. The van der Waals surface area contributed by atoms with Gasteiger partial charge in [0, 0.05) is 5.02 Å². The van der Waals surface area contributed by atoms with E-state index >= 15 is 0 Å². The summed E-state index contributed by atoms with van der Waals surface area (Å²) in [6.45, 7) is 0.576. The van der Waals surface area contributed by atoms with Crippen LogP contribution in [0, 0.1) is 0 Å². The molecule has 0 fully saturated rings. The van der Waals surface area contributed by atoms with Crippen molar-refractivity contribution in [2.75, 3.05) is 18.6 Å². The normalized spacial score (nSPS) is 11.5. The molecule has 1 aromatic carbocycles. The molecule has 0 unspecified atom stereocenters. The van der Waals surface area contributed by atoms with Gasteiger partial charge < -0.3 is 15.7 Å². The summed E-state index contributed by atoms with van der Waals surface area (Å²) < 4.78 is 5.57. The second-order valence-corrected chi connectivity index (χ2v) is 4.74. The van der Waals surface area contributed by atoms with Gasteiger partial charge in [0.15, 0.2) is 5.84 Å². The third-order valence-corrected chi connectivity index (χ3v) is 3.01. The van der Waals surface area contributed by atoms with E-state index in [1.54, 1.807) is 30.0 Å². The molecule has 4 nitrogen and oxygen atoms in total. The predicted octanol–water partition coefficient (Wildman–Crippen LogP) is 2.57. The third-order valence-electron chi connectivity index (χ3n) is 2.08. The van der Waals surface area contributed by atoms with Crippen LogP contribution < -0.4 is 10.5 Å². The van der Waals surface area contributed by atoms with E-state index < -0.39 is 0 Å². The van der Waals surface area contributed by atoms with Gasteiger partial charge in [0.2, 0.25) is 0 Å². The first-order chi connectivity index (χ1) is 8.19. The zero-order valence-electron chi connectivity index (χ0n) is 9.52. The van der Waals surface area contributed by atoms with E-state index in [1.807, 2.05) is 6.26 Å². The van der Waals surface area contributed by atoms with Crippen LogP contribution in [0.1, 0.15) is 12.0 Å². The highest BCUT2D eigenvalue weighted by Gasteiger charge is 2.09. The summed E-state index contributed by atoms with van der Waals surface area (Å²) in [4.78, 5) is 0. The molecule has 94 valence electrons. The number of nitrogens with two attached hydrogens (primary N) is 1. The van der Waals surface area contributed by atoms with E-state index in [0.29, 0.717) is 22.9 Å². The number of benzene rings is 1. The zero-order valence-corrected chi connectivity index (χ0v) is 11.1. The molecule has 1 rings (SSSR count). The SMILES string of the molecule is CSCCCOc1cc(Cl)ccc1/C(N)=N/O. The second kappa shape index (κ2) is 7.29. The lowest BCUT2D eigenvalue weighted by molar-refractivity contribution is 0.312. The Morgan fingerprint density at radius 3 is 3.00 bits per heavy atom. The fourth-order valence-corrected chi connectivity index (χ4v) is 1.84. The molecule has 1 aromatic rings. The van der Waals surface area contributed by atoms with Gasteiger partial charge in [0.25, 0.3) is 0 Å². The maximum absolute atomic E-state index is 8.66. The number of nitrogens with zero attached hydrogens (tertiary/aromatic N) is 1. The first-order valence-electron chi connectivity index (χ1n) is 5.08. The third kappa shape index (κ3) is 4.36. The van der Waals surface area contributed by atoms with Gasteiger partial charge >= 0.3 is 0 Å². The van der Waals surface area contributed by atoms with Crippen LogP contribution in [0.5, 0.6) is 5.75 Å². The minimum absolute atomic E-state index is 0.0153. The summed E-state index contributed by atoms with van der Waals surface area (Å²) in [5.41, 5.74) is 6.09. The van der Waals surface area contributed by atoms with Gasteiger partial charge in [-0.1, -0.05) is 16.8 Å². The van der Waals surface area contributed by atoms with E-state index in [9.17, 15) is 0 Å². The Bertz CT molecular complexity index is 399. The van der Waals surface area contributed by atoms with Crippen molar-refractivity contribution in [3.8, 4) is 5.75 Å². The van der Waals surface area contributed by atoms with Gasteiger partial charge in [-0.25, -0.2) is 0 Å². The first-order valence-corrected chi connectivity index (χ1v) is 6.85. The summed E-state index contributed by atoms with van der Waals surface area (Å²) in [7, 11) is 0. The predicted molar refractivity (Wildman–Crippen MR) is 72.5 cm³/mol. The van der Waals surface area contributed by atoms with Crippen molar-refractivity contribution >= 4 is 29.2 Å². The highest BCUT2D eigenvalue weighted by atomic mass is 35.5. The molecule has 0 atom stereocenters. The van der Waals surface area contributed by atoms with E-state index in [1.165, 1.54) is 0 Å². The smallest absolute Gasteiger partial charge is 0.173 e. The van der Waals surface area contributed by atoms with Crippen molar-refractivity contribution in [3.05, 3.63) is 28.8 Å². The summed E-state index contributed by atoms with van der Waals surface area (Å²) in [6.07, 6.45) is 2.98. The van der Waals surface area contributed by atoms with Crippen LogP contribution in [0.2, 0.25) is 5.02 Å². The fourth-order valence-electron chi connectivity index (χ4n) is 1.27. The van der Waals surface area contributed by atoms with Crippen LogP contribution in [-0.4, -0.2) is 29.7 Å². The lowest BCUT2D eigenvalue weighted by atomic mass is 10.2. The molecule has 0 heterocycles. The number of ether oxygens (including phenoxy) is 1. The van der Waals surface area contributed by atoms with Crippen molar-refractivity contribution in [3.63, 3.8) is 0 Å². The van der Waals surface area contributed by atoms with Crippen molar-refractivity contribution < 1.29 is 9.94 Å². The van der Waals surface area contributed by atoms with Crippen molar-refractivity contribution in [2.45, 2.75) is 6.42 Å². The van der Waals surface area contributed by atoms with Gasteiger partial charge in [-0.05, 0) is 36.6 Å². The molecule has 17 heavy (non-hydrogen) atoms. The van der Waals surface area contributed by atoms with Crippen LogP contribution in [0.15, 0.2) is 23.4 Å². The molecule has 3 N–H and O–H groups in total. The highest BCUT2D eigenvalue weighted by Crippen LogP contribution is 2.23. The molecule has 0 bridgehead atoms. The summed E-state index contributed by atoms with van der Waals surface area (Å²) in [6, 6.07) is 5.00. The average Bonchev–Trinajstić information content (AvgIpc) is 2.34. The monoisotopic (exact) mass is 274 g/mol. The average molecular weight is 275 g/mol. The first kappa shape index (κ1) is 14.0. The number of halogens is 1. The Morgan fingerprint density at radius 1 is 1.59 bits per heavy atom. The molecule has 0 spiro atoms. The van der Waals surface area contributed by atoms with E-state index in [4.69, 9.17) is 27.3 Å². The van der Waals surface area contributed by atoms with Crippen molar-refractivity contribution in [1.29, 1.82) is 0 Å². The van der Waals surface area contributed by atoms with Crippen LogP contribution in [-0.2, 0) is 0 Å². The number of thioether (sulfide) groups is 1. The van der Waals surface area contributed by atoms with Crippen LogP contribution >= 0.6 is 23.4 Å². The molecule has 6 heteroatoms. The Kier molecular flexibility index (Phi) is 6.00. The van der Waals surface area contributed by atoms with Crippen molar-refractivity contribution in [2.24, 2.45) is 10.9 Å². The summed E-state index contributed by atoms with van der Waals surface area (Å²) in [5.74, 6) is 1.58. The highest BCUT2D eigenvalue weighted by molar-refractivity contribution is 7.98. The molecule has 0 aliphatic carbocycles. The summed E-state index contributed by atoms with van der Waals surface area (Å²) in [5, 5.41) is 12.2. The minimum atomic E-state index is 0.0153. The quantitative estimate of drug-likeness (QED) is 0.275. The molecular weight excluding hydrogens is 260 g/mol. The zero-order chi connectivity index (χ0) is 12.7.